The van der Waals surface area contributed by atoms with Crippen molar-refractivity contribution >= 4 is 27.3 Å². The molecule has 0 radical (unpaired) electrons. The number of likely N-dealkylation sites (tertiary alicyclic amines) is 1. The number of ether oxygens (including phenoxy) is 1. The second-order valence-corrected chi connectivity index (χ2v) is 9.36. The lowest BCUT2D eigenvalue weighted by Gasteiger charge is -2.38. The third-order valence-electron chi connectivity index (χ3n) is 4.88. The van der Waals surface area contributed by atoms with E-state index in [1.165, 1.54) is 7.11 Å². The van der Waals surface area contributed by atoms with Gasteiger partial charge in [0.25, 0.3) is 0 Å². The summed E-state index contributed by atoms with van der Waals surface area (Å²) in [6.45, 7) is 2.41. The molecule has 1 heterocycles. The Bertz CT molecular complexity index is 935. The molecular weight excluding hydrogens is 386 g/mol. The van der Waals surface area contributed by atoms with Crippen LogP contribution in [0.25, 0.3) is 0 Å². The Morgan fingerprint density at radius 1 is 1.19 bits per heavy atom. The van der Waals surface area contributed by atoms with Gasteiger partial charge in [-0.2, -0.15) is 0 Å². The van der Waals surface area contributed by atoms with E-state index in [0.29, 0.717) is 23.6 Å². The number of sulfone groups is 1. The molecule has 1 saturated heterocycles. The van der Waals surface area contributed by atoms with Crippen LogP contribution in [0.2, 0.25) is 5.02 Å². The van der Waals surface area contributed by atoms with Gasteiger partial charge < -0.3 is 9.64 Å². The summed E-state index contributed by atoms with van der Waals surface area (Å²) < 4.78 is 30.3. The average Bonchev–Trinajstić information content (AvgIpc) is 2.61. The zero-order chi connectivity index (χ0) is 19.6. The van der Waals surface area contributed by atoms with Gasteiger partial charge in [-0.05, 0) is 54.8 Å². The molecule has 0 aromatic heterocycles. The molecule has 2 aromatic rings. The quantitative estimate of drug-likeness (QED) is 0.737. The molecule has 5 nitrogen and oxygen atoms in total. The maximum Gasteiger partial charge on any atom is 0.222 e. The third kappa shape index (κ3) is 4.28. The van der Waals surface area contributed by atoms with Gasteiger partial charge in [0.2, 0.25) is 5.91 Å². The van der Waals surface area contributed by atoms with Crippen molar-refractivity contribution in [1.82, 2.24) is 4.90 Å². The molecule has 0 atom stereocenters. The lowest BCUT2D eigenvalue weighted by atomic mass is 10.1. The maximum absolute atomic E-state index is 12.6. The number of carbonyl (C=O) groups excluding carboxylic acids is 1. The van der Waals surface area contributed by atoms with Gasteiger partial charge in [0.05, 0.1) is 12.0 Å². The predicted octanol–water partition coefficient (Wildman–Crippen LogP) is 3.27. The van der Waals surface area contributed by atoms with Crippen LogP contribution in [-0.4, -0.2) is 44.7 Å². The summed E-state index contributed by atoms with van der Waals surface area (Å²) in [5.74, 6) is 0.584. The fourth-order valence-corrected chi connectivity index (χ4v) is 4.84. The molecule has 1 fully saturated rings. The molecule has 0 unspecified atom stereocenters. The molecular formula is C20H22ClNO4S. The van der Waals surface area contributed by atoms with E-state index in [2.05, 4.69) is 0 Å². The van der Waals surface area contributed by atoms with Crippen LogP contribution in [0.3, 0.4) is 0 Å². The van der Waals surface area contributed by atoms with Gasteiger partial charge in [-0.15, -0.1) is 0 Å². The number of aryl methyl sites for hydroxylation is 2. The zero-order valence-corrected chi connectivity index (χ0v) is 16.9. The van der Waals surface area contributed by atoms with E-state index in [1.54, 1.807) is 29.2 Å². The fourth-order valence-electron chi connectivity index (χ4n) is 3.07. The van der Waals surface area contributed by atoms with Crippen molar-refractivity contribution in [3.05, 3.63) is 58.6 Å². The van der Waals surface area contributed by atoms with Gasteiger partial charge in [0, 0.05) is 24.5 Å². The molecule has 1 aliphatic rings. The van der Waals surface area contributed by atoms with E-state index < -0.39 is 15.1 Å². The number of hydrogen-bond donors (Lipinski definition) is 0. The van der Waals surface area contributed by atoms with Crippen LogP contribution in [0.15, 0.2) is 47.4 Å². The minimum absolute atomic E-state index is 0.0243. The number of hydrogen-bond acceptors (Lipinski definition) is 4. The van der Waals surface area contributed by atoms with E-state index >= 15 is 0 Å². The first-order chi connectivity index (χ1) is 12.8. The molecule has 0 bridgehead atoms. The third-order valence-corrected chi connectivity index (χ3v) is 7.41. The van der Waals surface area contributed by atoms with Crippen LogP contribution < -0.4 is 4.74 Å². The molecule has 2 aromatic carbocycles. The van der Waals surface area contributed by atoms with Gasteiger partial charge in [0.15, 0.2) is 9.84 Å². The smallest absolute Gasteiger partial charge is 0.222 e. The Morgan fingerprint density at radius 3 is 2.44 bits per heavy atom. The zero-order valence-electron chi connectivity index (χ0n) is 15.3. The lowest BCUT2D eigenvalue weighted by Crippen LogP contribution is -2.56. The van der Waals surface area contributed by atoms with E-state index in [1.807, 2.05) is 25.1 Å². The highest BCUT2D eigenvalue weighted by Gasteiger charge is 2.40. The fraction of sp³-hybridized carbons (Fsp3) is 0.350. The highest BCUT2D eigenvalue weighted by atomic mass is 35.5. The number of benzene rings is 2. The summed E-state index contributed by atoms with van der Waals surface area (Å²) in [6, 6.07) is 12.1. The SMILES string of the molecule is COc1ccc(S(=O)(=O)C2CN(C(=O)CCc3ccc(Cl)c(C)c3)C2)cc1. The second-order valence-electron chi connectivity index (χ2n) is 6.72. The van der Waals surface area contributed by atoms with Crippen molar-refractivity contribution in [2.24, 2.45) is 0 Å². The maximum atomic E-state index is 12.6. The van der Waals surface area contributed by atoms with Gasteiger partial charge >= 0.3 is 0 Å². The Hall–Kier alpha value is -2.05. The molecule has 7 heteroatoms. The largest absolute Gasteiger partial charge is 0.497 e. The average molecular weight is 408 g/mol. The van der Waals surface area contributed by atoms with Crippen LogP contribution in [0.5, 0.6) is 5.75 Å². The standard InChI is InChI=1S/C20H22ClNO4S/c1-14-11-15(3-9-19(14)21)4-10-20(23)22-12-18(13-22)27(24,25)17-7-5-16(26-2)6-8-17/h3,5-9,11,18H,4,10,12-13H2,1-2H3. The molecule has 0 spiro atoms. The number of nitrogens with zero attached hydrogens (tertiary/aromatic N) is 1. The summed E-state index contributed by atoms with van der Waals surface area (Å²) in [5.41, 5.74) is 2.03. The summed E-state index contributed by atoms with van der Waals surface area (Å²) in [5, 5.41) is 0.159. The molecule has 0 N–H and O–H groups in total. The van der Waals surface area contributed by atoms with Crippen LogP contribution >= 0.6 is 11.6 Å². The highest BCUT2D eigenvalue weighted by Crippen LogP contribution is 2.26. The summed E-state index contributed by atoms with van der Waals surface area (Å²) in [4.78, 5) is 14.2. The monoisotopic (exact) mass is 407 g/mol. The second kappa shape index (κ2) is 7.90. The normalized spacial score (nSPS) is 14.7. The Balaban J connectivity index is 1.54. The number of halogens is 1. The van der Waals surface area contributed by atoms with Crippen molar-refractivity contribution in [2.45, 2.75) is 29.9 Å². The molecule has 1 amide bonds. The van der Waals surface area contributed by atoms with Crippen LogP contribution in [0.4, 0.5) is 0 Å². The number of methoxy groups -OCH3 is 1. The van der Waals surface area contributed by atoms with Crippen molar-refractivity contribution < 1.29 is 17.9 Å². The predicted molar refractivity (Wildman–Crippen MR) is 105 cm³/mol. The van der Waals surface area contributed by atoms with E-state index in [0.717, 1.165) is 11.1 Å². The van der Waals surface area contributed by atoms with Gasteiger partial charge in [0.1, 0.15) is 11.0 Å². The topological polar surface area (TPSA) is 63.7 Å². The summed E-state index contributed by atoms with van der Waals surface area (Å²) in [7, 11) is -1.90. The van der Waals surface area contributed by atoms with Crippen LogP contribution in [0, 0.1) is 6.92 Å². The molecule has 1 aliphatic heterocycles. The van der Waals surface area contributed by atoms with Crippen LogP contribution in [0.1, 0.15) is 17.5 Å². The van der Waals surface area contributed by atoms with Crippen molar-refractivity contribution in [2.75, 3.05) is 20.2 Å². The Morgan fingerprint density at radius 2 is 1.85 bits per heavy atom. The highest BCUT2D eigenvalue weighted by molar-refractivity contribution is 7.92. The summed E-state index contributed by atoms with van der Waals surface area (Å²) in [6.07, 6.45) is 0.972. The van der Waals surface area contributed by atoms with Crippen LogP contribution in [-0.2, 0) is 21.1 Å². The number of amides is 1. The van der Waals surface area contributed by atoms with E-state index in [4.69, 9.17) is 16.3 Å². The molecule has 3 rings (SSSR count). The first-order valence-electron chi connectivity index (χ1n) is 8.72. The number of rotatable bonds is 6. The van der Waals surface area contributed by atoms with Crippen molar-refractivity contribution in [1.29, 1.82) is 0 Å². The van der Waals surface area contributed by atoms with Crippen molar-refractivity contribution in [3.8, 4) is 5.75 Å². The van der Waals surface area contributed by atoms with Gasteiger partial charge in [-0.25, -0.2) is 8.42 Å². The Kier molecular flexibility index (Phi) is 5.77. The molecule has 27 heavy (non-hydrogen) atoms. The van der Waals surface area contributed by atoms with Crippen molar-refractivity contribution in [3.63, 3.8) is 0 Å². The molecule has 0 aliphatic carbocycles. The minimum Gasteiger partial charge on any atom is -0.497 e. The van der Waals surface area contributed by atoms with Gasteiger partial charge in [-0.1, -0.05) is 23.7 Å². The van der Waals surface area contributed by atoms with E-state index in [9.17, 15) is 13.2 Å². The number of carbonyl (C=O) groups is 1. The first-order valence-corrected chi connectivity index (χ1v) is 10.6. The van der Waals surface area contributed by atoms with E-state index in [-0.39, 0.29) is 23.9 Å². The lowest BCUT2D eigenvalue weighted by molar-refractivity contribution is -0.134. The Labute approximate surface area is 164 Å². The minimum atomic E-state index is -3.44. The van der Waals surface area contributed by atoms with Gasteiger partial charge in [-0.3, -0.25) is 4.79 Å². The molecule has 144 valence electrons. The molecule has 0 saturated carbocycles. The summed E-state index contributed by atoms with van der Waals surface area (Å²) >= 11 is 6.01. The first kappa shape index (κ1) is 19.7.